The summed E-state index contributed by atoms with van der Waals surface area (Å²) in [6, 6.07) is 5.95. The number of hydrogen-bond acceptors (Lipinski definition) is 4. The number of aliphatic hydroxyl groups is 1. The first-order chi connectivity index (χ1) is 11.5. The summed E-state index contributed by atoms with van der Waals surface area (Å²) in [7, 11) is 0. The van der Waals surface area contributed by atoms with E-state index >= 15 is 0 Å². The first-order valence-electron chi connectivity index (χ1n) is 8.85. The lowest BCUT2D eigenvalue weighted by molar-refractivity contribution is -0.121. The molecule has 2 N–H and O–H groups in total. The van der Waals surface area contributed by atoms with Gasteiger partial charge in [0.15, 0.2) is 0 Å². The lowest BCUT2D eigenvalue weighted by Gasteiger charge is -2.35. The average Bonchev–Trinajstić information content (AvgIpc) is 2.54. The van der Waals surface area contributed by atoms with E-state index in [1.54, 1.807) is 0 Å². The van der Waals surface area contributed by atoms with Gasteiger partial charge >= 0.3 is 0 Å². The van der Waals surface area contributed by atoms with Crippen LogP contribution < -0.4 is 5.32 Å². The maximum absolute atomic E-state index is 12.5. The quantitative estimate of drug-likeness (QED) is 0.752. The second kappa shape index (κ2) is 9.16. The Hall–Kier alpha value is -1.43. The third-order valence-corrected chi connectivity index (χ3v) is 4.55. The summed E-state index contributed by atoms with van der Waals surface area (Å²) in [5.74, 6) is 0.0413. The molecule has 1 heterocycles. The number of nitrogens with zero attached hydrogens (tertiary/aromatic N) is 1. The number of carbonyl (C=O) groups is 1. The molecule has 1 aliphatic rings. The number of rotatable bonds is 7. The largest absolute Gasteiger partial charge is 0.396 e. The Morgan fingerprint density at radius 2 is 1.92 bits per heavy atom. The van der Waals surface area contributed by atoms with E-state index in [4.69, 9.17) is 9.84 Å². The summed E-state index contributed by atoms with van der Waals surface area (Å²) in [6.45, 7) is 8.56. The molecule has 0 aliphatic carbocycles. The number of piperidine rings is 1. The second-order valence-corrected chi connectivity index (χ2v) is 6.72. The fourth-order valence-electron chi connectivity index (χ4n) is 3.20. The Labute approximate surface area is 145 Å². The number of anilines is 1. The van der Waals surface area contributed by atoms with Crippen molar-refractivity contribution < 1.29 is 14.6 Å². The molecule has 5 heteroatoms. The lowest BCUT2D eigenvalue weighted by Crippen LogP contribution is -2.47. The van der Waals surface area contributed by atoms with Gasteiger partial charge < -0.3 is 15.2 Å². The van der Waals surface area contributed by atoms with E-state index in [1.807, 2.05) is 32.9 Å². The Kier molecular flexibility index (Phi) is 7.21. The molecule has 0 spiro atoms. The smallest absolute Gasteiger partial charge is 0.241 e. The fraction of sp³-hybridized carbons (Fsp3) is 0.632. The number of nitrogens with one attached hydrogen (secondary N) is 1. The van der Waals surface area contributed by atoms with Gasteiger partial charge in [-0.05, 0) is 63.3 Å². The van der Waals surface area contributed by atoms with Crippen molar-refractivity contribution in [2.24, 2.45) is 0 Å². The van der Waals surface area contributed by atoms with E-state index in [1.165, 1.54) is 0 Å². The summed E-state index contributed by atoms with van der Waals surface area (Å²) >= 11 is 0. The lowest BCUT2D eigenvalue weighted by atomic mass is 10.1. The molecule has 2 rings (SSSR count). The number of aliphatic hydroxyl groups excluding tert-OH is 1. The summed E-state index contributed by atoms with van der Waals surface area (Å²) in [4.78, 5) is 14.7. The van der Waals surface area contributed by atoms with Crippen LogP contribution in [0.1, 0.15) is 37.3 Å². The van der Waals surface area contributed by atoms with Gasteiger partial charge in [-0.2, -0.15) is 0 Å². The van der Waals surface area contributed by atoms with Crippen molar-refractivity contribution in [3.63, 3.8) is 0 Å². The maximum Gasteiger partial charge on any atom is 0.241 e. The fourth-order valence-corrected chi connectivity index (χ4v) is 3.20. The van der Waals surface area contributed by atoms with Crippen LogP contribution in [0.3, 0.4) is 0 Å². The number of benzene rings is 1. The van der Waals surface area contributed by atoms with E-state index in [2.05, 4.69) is 16.3 Å². The predicted octanol–water partition coefficient (Wildman–Crippen LogP) is 2.49. The van der Waals surface area contributed by atoms with Crippen molar-refractivity contribution in [3.05, 3.63) is 29.3 Å². The summed E-state index contributed by atoms with van der Waals surface area (Å²) in [5, 5.41) is 11.8. The summed E-state index contributed by atoms with van der Waals surface area (Å²) in [6.07, 6.45) is 2.82. The van der Waals surface area contributed by atoms with Gasteiger partial charge in [-0.25, -0.2) is 0 Å². The first kappa shape index (κ1) is 18.9. The third-order valence-electron chi connectivity index (χ3n) is 4.55. The van der Waals surface area contributed by atoms with Crippen LogP contribution in [0.4, 0.5) is 5.69 Å². The number of carbonyl (C=O) groups excluding carboxylic acids is 1. The van der Waals surface area contributed by atoms with Crippen molar-refractivity contribution in [1.82, 2.24) is 4.90 Å². The van der Waals surface area contributed by atoms with Crippen molar-refractivity contribution >= 4 is 11.6 Å². The molecule has 0 saturated carbocycles. The minimum absolute atomic E-state index is 0.0413. The Balaban J connectivity index is 1.81. The third kappa shape index (κ3) is 5.58. The topological polar surface area (TPSA) is 61.8 Å². The van der Waals surface area contributed by atoms with Crippen LogP contribution >= 0.6 is 0 Å². The highest BCUT2D eigenvalue weighted by Crippen LogP contribution is 2.18. The minimum Gasteiger partial charge on any atom is -0.396 e. The number of likely N-dealkylation sites (tertiary alicyclic amines) is 1. The highest BCUT2D eigenvalue weighted by molar-refractivity contribution is 5.94. The predicted molar refractivity (Wildman–Crippen MR) is 96.3 cm³/mol. The van der Waals surface area contributed by atoms with Gasteiger partial charge in [0.05, 0.1) is 12.1 Å². The van der Waals surface area contributed by atoms with Crippen LogP contribution in [-0.2, 0) is 9.53 Å². The summed E-state index contributed by atoms with van der Waals surface area (Å²) in [5.41, 5.74) is 3.17. The van der Waals surface area contributed by atoms with E-state index in [0.29, 0.717) is 13.0 Å². The van der Waals surface area contributed by atoms with Crippen molar-refractivity contribution in [3.8, 4) is 0 Å². The van der Waals surface area contributed by atoms with E-state index < -0.39 is 0 Å². The molecule has 1 aromatic rings. The molecule has 0 bridgehead atoms. The van der Waals surface area contributed by atoms with Crippen LogP contribution in [0.25, 0.3) is 0 Å². The van der Waals surface area contributed by atoms with Crippen LogP contribution in [0.5, 0.6) is 0 Å². The molecule has 0 radical (unpaired) electrons. The molecule has 1 aromatic carbocycles. The zero-order valence-corrected chi connectivity index (χ0v) is 15.0. The number of amides is 1. The average molecular weight is 334 g/mol. The molecule has 1 amide bonds. The van der Waals surface area contributed by atoms with Crippen molar-refractivity contribution in [2.75, 3.05) is 31.6 Å². The summed E-state index contributed by atoms with van der Waals surface area (Å²) < 4.78 is 5.75. The highest BCUT2D eigenvalue weighted by Gasteiger charge is 2.26. The number of ether oxygens (including phenoxy) is 1. The van der Waals surface area contributed by atoms with Crippen LogP contribution in [0, 0.1) is 13.8 Å². The van der Waals surface area contributed by atoms with Gasteiger partial charge in [0.25, 0.3) is 0 Å². The van der Waals surface area contributed by atoms with E-state index in [9.17, 15) is 4.79 Å². The molecule has 0 aromatic heterocycles. The van der Waals surface area contributed by atoms with Gasteiger partial charge in [0, 0.05) is 32.0 Å². The monoisotopic (exact) mass is 334 g/mol. The zero-order chi connectivity index (χ0) is 17.5. The van der Waals surface area contributed by atoms with E-state index in [-0.39, 0.29) is 24.7 Å². The molecule has 1 unspecified atom stereocenters. The molecule has 24 heavy (non-hydrogen) atoms. The molecule has 5 nitrogen and oxygen atoms in total. The standard InChI is InChI=1S/C19H30N2O3/c1-14-11-15(2)13-17(12-14)20-19(23)16(3)21-7-5-18(6-8-21)24-10-4-9-22/h11-13,16,18,22H,4-10H2,1-3H3,(H,20,23). The van der Waals surface area contributed by atoms with Gasteiger partial charge in [-0.1, -0.05) is 6.07 Å². The molecule has 1 aliphatic heterocycles. The van der Waals surface area contributed by atoms with Crippen LogP contribution in [0.2, 0.25) is 0 Å². The SMILES string of the molecule is Cc1cc(C)cc(NC(=O)C(C)N2CCC(OCCCO)CC2)c1. The van der Waals surface area contributed by atoms with Gasteiger partial charge in [-0.3, -0.25) is 9.69 Å². The van der Waals surface area contributed by atoms with Gasteiger partial charge in [0.2, 0.25) is 5.91 Å². The van der Waals surface area contributed by atoms with Crippen molar-refractivity contribution in [2.45, 2.75) is 52.2 Å². The Morgan fingerprint density at radius 3 is 2.50 bits per heavy atom. The maximum atomic E-state index is 12.5. The van der Waals surface area contributed by atoms with Gasteiger partial charge in [-0.15, -0.1) is 0 Å². The normalized spacial score (nSPS) is 17.7. The highest BCUT2D eigenvalue weighted by atomic mass is 16.5. The first-order valence-corrected chi connectivity index (χ1v) is 8.85. The molecule has 1 fully saturated rings. The zero-order valence-electron chi connectivity index (χ0n) is 15.0. The van der Waals surface area contributed by atoms with E-state index in [0.717, 1.165) is 42.7 Å². The minimum atomic E-state index is -0.149. The number of aryl methyl sites for hydroxylation is 2. The molecule has 134 valence electrons. The molecule has 1 saturated heterocycles. The molecule has 1 atom stereocenters. The molecular formula is C19H30N2O3. The Morgan fingerprint density at radius 1 is 1.29 bits per heavy atom. The van der Waals surface area contributed by atoms with Crippen LogP contribution in [0.15, 0.2) is 18.2 Å². The van der Waals surface area contributed by atoms with Crippen molar-refractivity contribution in [1.29, 1.82) is 0 Å². The Bertz CT molecular complexity index is 519. The second-order valence-electron chi connectivity index (χ2n) is 6.72. The molecular weight excluding hydrogens is 304 g/mol. The number of hydrogen-bond donors (Lipinski definition) is 2. The van der Waals surface area contributed by atoms with Crippen LogP contribution in [-0.4, -0.2) is 54.4 Å². The van der Waals surface area contributed by atoms with Gasteiger partial charge in [0.1, 0.15) is 0 Å².